The zero-order valence-electron chi connectivity index (χ0n) is 18.7. The maximum atomic E-state index is 12.0. The van der Waals surface area contributed by atoms with Gasteiger partial charge in [0.1, 0.15) is 5.75 Å². The van der Waals surface area contributed by atoms with Crippen molar-refractivity contribution in [3.63, 3.8) is 0 Å². The first kappa shape index (κ1) is 24.7. The summed E-state index contributed by atoms with van der Waals surface area (Å²) >= 11 is 1.45. The molecule has 170 valence electrons. The molecule has 0 saturated heterocycles. The quantitative estimate of drug-likeness (QED) is 0.250. The highest BCUT2D eigenvalue weighted by atomic mass is 32.1. The number of amides is 1. The van der Waals surface area contributed by atoms with Gasteiger partial charge < -0.3 is 25.4 Å². The number of aliphatic imine (C=N–C) groups is 1. The number of carbonyl (C=O) groups excluding carboxylic acids is 1. The van der Waals surface area contributed by atoms with E-state index in [0.29, 0.717) is 32.8 Å². The zero-order valence-corrected chi connectivity index (χ0v) is 19.5. The van der Waals surface area contributed by atoms with Gasteiger partial charge in [-0.25, -0.2) is 4.99 Å². The van der Waals surface area contributed by atoms with E-state index in [1.807, 2.05) is 30.5 Å². The van der Waals surface area contributed by atoms with Crippen molar-refractivity contribution >= 4 is 23.2 Å². The summed E-state index contributed by atoms with van der Waals surface area (Å²) < 4.78 is 11.0. The van der Waals surface area contributed by atoms with Gasteiger partial charge in [0.05, 0.1) is 18.0 Å². The minimum absolute atomic E-state index is 0.0204. The van der Waals surface area contributed by atoms with E-state index in [9.17, 15) is 4.79 Å². The number of methoxy groups -OCH3 is 1. The predicted molar refractivity (Wildman–Crippen MR) is 127 cm³/mol. The van der Waals surface area contributed by atoms with Crippen molar-refractivity contribution in [2.75, 3.05) is 40.0 Å². The number of hydrogen-bond donors (Lipinski definition) is 3. The van der Waals surface area contributed by atoms with E-state index in [4.69, 9.17) is 14.5 Å². The summed E-state index contributed by atoms with van der Waals surface area (Å²) in [7, 11) is 1.69. The lowest BCUT2D eigenvalue weighted by Crippen LogP contribution is -2.38. The molecule has 1 amide bonds. The lowest BCUT2D eigenvalue weighted by molar-refractivity contribution is 0.0957. The van der Waals surface area contributed by atoms with Crippen molar-refractivity contribution < 1.29 is 14.3 Å². The van der Waals surface area contributed by atoms with Gasteiger partial charge in [0.15, 0.2) is 5.96 Å². The average molecular weight is 447 g/mol. The maximum absolute atomic E-state index is 12.0. The van der Waals surface area contributed by atoms with Crippen molar-refractivity contribution in [2.45, 2.75) is 33.2 Å². The van der Waals surface area contributed by atoms with Gasteiger partial charge >= 0.3 is 0 Å². The number of nitrogens with one attached hydrogen (secondary N) is 3. The van der Waals surface area contributed by atoms with Gasteiger partial charge in [-0.1, -0.05) is 18.2 Å². The third kappa shape index (κ3) is 9.40. The maximum Gasteiger partial charge on any atom is 0.261 e. The molecule has 0 aliphatic heterocycles. The van der Waals surface area contributed by atoms with Gasteiger partial charge in [0.2, 0.25) is 0 Å². The van der Waals surface area contributed by atoms with E-state index in [1.54, 1.807) is 7.11 Å². The summed E-state index contributed by atoms with van der Waals surface area (Å²) in [6.07, 6.45) is 1.65. The molecule has 1 heterocycles. The first-order valence-corrected chi connectivity index (χ1v) is 11.6. The molecule has 7 nitrogen and oxygen atoms in total. The highest BCUT2D eigenvalue weighted by molar-refractivity contribution is 7.12. The second kappa shape index (κ2) is 14.4. The topological polar surface area (TPSA) is 84.0 Å². The molecule has 31 heavy (non-hydrogen) atoms. The molecule has 0 unspecified atom stereocenters. The minimum atomic E-state index is -0.0204. The van der Waals surface area contributed by atoms with Crippen LogP contribution in [0.25, 0.3) is 0 Å². The summed E-state index contributed by atoms with van der Waals surface area (Å²) in [6.45, 7) is 8.00. The van der Waals surface area contributed by atoms with Crippen molar-refractivity contribution in [3.8, 4) is 5.75 Å². The number of rotatable bonds is 13. The lowest BCUT2D eigenvalue weighted by atomic mass is 10.1. The van der Waals surface area contributed by atoms with Crippen LogP contribution in [0.3, 0.4) is 0 Å². The number of guanidine groups is 1. The van der Waals surface area contributed by atoms with Crippen LogP contribution in [0.5, 0.6) is 5.75 Å². The Morgan fingerprint density at radius 3 is 2.68 bits per heavy atom. The summed E-state index contributed by atoms with van der Waals surface area (Å²) in [5.41, 5.74) is 2.20. The predicted octanol–water partition coefficient (Wildman–Crippen LogP) is 3.35. The Balaban J connectivity index is 1.82. The van der Waals surface area contributed by atoms with E-state index < -0.39 is 0 Å². The van der Waals surface area contributed by atoms with Crippen LogP contribution in [0, 0.1) is 6.92 Å². The fraction of sp³-hybridized carbons (Fsp3) is 0.478. The molecule has 1 aromatic heterocycles. The van der Waals surface area contributed by atoms with E-state index in [0.717, 1.165) is 47.1 Å². The Morgan fingerprint density at radius 1 is 1.10 bits per heavy atom. The number of hydrogen-bond acceptors (Lipinski definition) is 5. The second-order valence-corrected chi connectivity index (χ2v) is 7.96. The minimum Gasteiger partial charge on any atom is -0.493 e. The van der Waals surface area contributed by atoms with Crippen molar-refractivity contribution in [2.24, 2.45) is 4.99 Å². The van der Waals surface area contributed by atoms with Crippen LogP contribution in [-0.4, -0.2) is 51.8 Å². The fourth-order valence-electron chi connectivity index (χ4n) is 2.81. The number of nitrogens with zero attached hydrogens (tertiary/aromatic N) is 1. The lowest BCUT2D eigenvalue weighted by Gasteiger charge is -2.14. The molecular formula is C23H34N4O3S. The zero-order chi connectivity index (χ0) is 22.3. The summed E-state index contributed by atoms with van der Waals surface area (Å²) in [5, 5.41) is 11.4. The number of aryl methyl sites for hydroxylation is 1. The van der Waals surface area contributed by atoms with E-state index >= 15 is 0 Å². The van der Waals surface area contributed by atoms with Gasteiger partial charge in [-0.2, -0.15) is 0 Å². The smallest absolute Gasteiger partial charge is 0.261 e. The average Bonchev–Trinajstić information content (AvgIpc) is 3.30. The fourth-order valence-corrected chi connectivity index (χ4v) is 3.45. The van der Waals surface area contributed by atoms with Crippen LogP contribution < -0.4 is 20.7 Å². The number of thiophene rings is 1. The molecule has 0 aliphatic rings. The molecule has 2 aromatic rings. The largest absolute Gasteiger partial charge is 0.493 e. The van der Waals surface area contributed by atoms with Crippen LogP contribution in [0.1, 0.15) is 40.6 Å². The SMILES string of the molecule is CCNC(=NCc1ccc(C)cc1OCCCOC)NCCCNC(=O)c1cccs1. The van der Waals surface area contributed by atoms with E-state index in [-0.39, 0.29) is 5.91 Å². The molecule has 0 radical (unpaired) electrons. The molecule has 8 heteroatoms. The molecule has 3 N–H and O–H groups in total. The van der Waals surface area contributed by atoms with Crippen molar-refractivity contribution in [1.29, 1.82) is 0 Å². The Hall–Kier alpha value is -2.58. The van der Waals surface area contributed by atoms with Gasteiger partial charge in [0.25, 0.3) is 5.91 Å². The van der Waals surface area contributed by atoms with Crippen LogP contribution in [-0.2, 0) is 11.3 Å². The summed E-state index contributed by atoms with van der Waals surface area (Å²) in [5.74, 6) is 1.60. The molecule has 0 bridgehead atoms. The third-order valence-corrected chi connectivity index (χ3v) is 5.27. The van der Waals surface area contributed by atoms with Crippen LogP contribution in [0.15, 0.2) is 40.7 Å². The molecule has 1 aromatic carbocycles. The van der Waals surface area contributed by atoms with Crippen molar-refractivity contribution in [3.05, 3.63) is 51.7 Å². The van der Waals surface area contributed by atoms with E-state index in [2.05, 4.69) is 35.0 Å². The normalized spacial score (nSPS) is 11.3. The number of carbonyl (C=O) groups is 1. The summed E-state index contributed by atoms with van der Waals surface area (Å²) in [6, 6.07) is 9.89. The summed E-state index contributed by atoms with van der Waals surface area (Å²) in [4.78, 5) is 17.4. The number of ether oxygens (including phenoxy) is 2. The van der Waals surface area contributed by atoms with Gasteiger partial charge in [-0.3, -0.25) is 4.79 Å². The Bertz CT molecular complexity index is 809. The monoisotopic (exact) mass is 446 g/mol. The Kier molecular flexibility index (Phi) is 11.5. The van der Waals surface area contributed by atoms with Gasteiger partial charge in [0, 0.05) is 45.3 Å². The van der Waals surface area contributed by atoms with Crippen LogP contribution >= 0.6 is 11.3 Å². The first-order valence-electron chi connectivity index (χ1n) is 10.7. The molecule has 0 aliphatic carbocycles. The standard InChI is InChI=1S/C23H34N4O3S/c1-4-24-23(26-12-6-11-25-22(28)21-8-5-15-31-21)27-17-19-10-9-18(2)16-20(19)30-14-7-13-29-3/h5,8-10,15-16H,4,6-7,11-14,17H2,1-3H3,(H,25,28)(H2,24,26,27). The molecule has 0 atom stereocenters. The van der Waals surface area contributed by atoms with Gasteiger partial charge in [-0.05, 0) is 43.3 Å². The second-order valence-electron chi connectivity index (χ2n) is 7.01. The molecule has 0 spiro atoms. The van der Waals surface area contributed by atoms with Gasteiger partial charge in [-0.15, -0.1) is 11.3 Å². The Labute approximate surface area is 189 Å². The highest BCUT2D eigenvalue weighted by Gasteiger charge is 2.07. The van der Waals surface area contributed by atoms with E-state index in [1.165, 1.54) is 11.3 Å². The third-order valence-electron chi connectivity index (χ3n) is 4.40. The first-order chi connectivity index (χ1) is 15.1. The molecule has 0 saturated carbocycles. The van der Waals surface area contributed by atoms with Crippen LogP contribution in [0.4, 0.5) is 0 Å². The van der Waals surface area contributed by atoms with Crippen molar-refractivity contribution in [1.82, 2.24) is 16.0 Å². The highest BCUT2D eigenvalue weighted by Crippen LogP contribution is 2.21. The number of benzene rings is 1. The van der Waals surface area contributed by atoms with Crippen LogP contribution in [0.2, 0.25) is 0 Å². The molecule has 2 rings (SSSR count). The molecule has 0 fully saturated rings. The Morgan fingerprint density at radius 2 is 1.94 bits per heavy atom. The molecular weight excluding hydrogens is 412 g/mol.